The van der Waals surface area contributed by atoms with Crippen LogP contribution in [0.5, 0.6) is 5.75 Å². The van der Waals surface area contributed by atoms with E-state index in [9.17, 15) is 44.4 Å². The number of benzene rings is 1. The van der Waals surface area contributed by atoms with Gasteiger partial charge in [0.2, 0.25) is 17.7 Å². The summed E-state index contributed by atoms with van der Waals surface area (Å²) in [4.78, 5) is 62.3. The van der Waals surface area contributed by atoms with Crippen molar-refractivity contribution in [3.63, 3.8) is 0 Å². The van der Waals surface area contributed by atoms with Gasteiger partial charge in [-0.3, -0.25) is 19.2 Å². The third kappa shape index (κ3) is 7.65. The molecule has 0 aromatic heterocycles. The molecular weight excluding hydrogens is 464 g/mol. The van der Waals surface area contributed by atoms with Crippen molar-refractivity contribution < 1.29 is 44.4 Å². The molecule has 3 amide bonds. The number of hydrogen-bond donors (Lipinski definition) is 7. The standard InChI is InChI=1S/C22H30N4O9/c1-11(27)18(23)21(33)26-8-2-3-16(26)20(32)24-14(10-17(29)30)19(31)25-15(22(34)35)9-12-4-6-13(28)7-5-12/h4-7,11,14-16,18,27-28H,2-3,8-10,23H2,1H3,(H,24,32)(H,25,31)(H,29,30)(H,34,35). The van der Waals surface area contributed by atoms with E-state index in [-0.39, 0.29) is 25.1 Å². The highest BCUT2D eigenvalue weighted by Crippen LogP contribution is 2.19. The highest BCUT2D eigenvalue weighted by molar-refractivity contribution is 5.96. The van der Waals surface area contributed by atoms with Gasteiger partial charge in [-0.15, -0.1) is 0 Å². The second-order valence-corrected chi connectivity index (χ2v) is 8.39. The number of phenolic OH excluding ortho intramolecular Hbond substituents is 1. The predicted octanol–water partition coefficient (Wildman–Crippen LogP) is -1.84. The molecule has 1 fully saturated rings. The van der Waals surface area contributed by atoms with Crippen LogP contribution in [0.4, 0.5) is 0 Å². The minimum Gasteiger partial charge on any atom is -0.508 e. The maximum Gasteiger partial charge on any atom is 0.326 e. The van der Waals surface area contributed by atoms with Gasteiger partial charge in [0, 0.05) is 13.0 Å². The summed E-state index contributed by atoms with van der Waals surface area (Å²) in [7, 11) is 0. The van der Waals surface area contributed by atoms with Crippen LogP contribution in [0.15, 0.2) is 24.3 Å². The smallest absolute Gasteiger partial charge is 0.326 e. The number of amides is 3. The summed E-state index contributed by atoms with van der Waals surface area (Å²) >= 11 is 0. The van der Waals surface area contributed by atoms with Crippen molar-refractivity contribution in [3.8, 4) is 5.75 Å². The van der Waals surface area contributed by atoms with Crippen LogP contribution in [0.25, 0.3) is 0 Å². The molecule has 0 saturated carbocycles. The van der Waals surface area contributed by atoms with E-state index in [0.717, 1.165) is 0 Å². The van der Waals surface area contributed by atoms with Gasteiger partial charge in [0.1, 0.15) is 29.9 Å². The lowest BCUT2D eigenvalue weighted by atomic mass is 10.0. The molecule has 0 aliphatic carbocycles. The Labute approximate surface area is 200 Å². The molecule has 1 aliphatic heterocycles. The number of hydrogen-bond acceptors (Lipinski definition) is 8. The first-order chi connectivity index (χ1) is 16.4. The predicted molar refractivity (Wildman–Crippen MR) is 120 cm³/mol. The maximum atomic E-state index is 12.9. The van der Waals surface area contributed by atoms with Gasteiger partial charge in [0.15, 0.2) is 0 Å². The highest BCUT2D eigenvalue weighted by atomic mass is 16.4. The molecule has 1 heterocycles. The fraction of sp³-hybridized carbons (Fsp3) is 0.500. The van der Waals surface area contributed by atoms with E-state index in [0.29, 0.717) is 12.0 Å². The zero-order chi connectivity index (χ0) is 26.3. The monoisotopic (exact) mass is 494 g/mol. The van der Waals surface area contributed by atoms with Crippen molar-refractivity contribution >= 4 is 29.7 Å². The Morgan fingerprint density at radius 1 is 1.09 bits per heavy atom. The van der Waals surface area contributed by atoms with Crippen molar-refractivity contribution in [2.24, 2.45) is 5.73 Å². The maximum absolute atomic E-state index is 12.9. The van der Waals surface area contributed by atoms with Crippen molar-refractivity contribution in [3.05, 3.63) is 29.8 Å². The highest BCUT2D eigenvalue weighted by Gasteiger charge is 2.39. The lowest BCUT2D eigenvalue weighted by molar-refractivity contribution is -0.145. The SMILES string of the molecule is CC(O)C(N)C(=O)N1CCCC1C(=O)NC(CC(=O)O)C(=O)NC(Cc1ccc(O)cc1)C(=O)O. The van der Waals surface area contributed by atoms with E-state index in [1.807, 2.05) is 0 Å². The number of likely N-dealkylation sites (tertiary alicyclic amines) is 1. The Hall–Kier alpha value is -3.71. The van der Waals surface area contributed by atoms with E-state index in [4.69, 9.17) is 5.73 Å². The van der Waals surface area contributed by atoms with Gasteiger partial charge in [0.25, 0.3) is 0 Å². The van der Waals surface area contributed by atoms with E-state index in [2.05, 4.69) is 10.6 Å². The Morgan fingerprint density at radius 3 is 2.26 bits per heavy atom. The molecular formula is C22H30N4O9. The van der Waals surface area contributed by atoms with Gasteiger partial charge < -0.3 is 41.7 Å². The van der Waals surface area contributed by atoms with Crippen LogP contribution >= 0.6 is 0 Å². The second-order valence-electron chi connectivity index (χ2n) is 8.39. The van der Waals surface area contributed by atoms with Gasteiger partial charge in [-0.2, -0.15) is 0 Å². The minimum absolute atomic E-state index is 0.0252. The first-order valence-corrected chi connectivity index (χ1v) is 11.0. The third-order valence-corrected chi connectivity index (χ3v) is 5.65. The number of aliphatic hydroxyl groups excluding tert-OH is 1. The van der Waals surface area contributed by atoms with E-state index in [1.54, 1.807) is 0 Å². The number of aliphatic carboxylic acids is 2. The van der Waals surface area contributed by atoms with Crippen molar-refractivity contribution in [1.29, 1.82) is 0 Å². The average molecular weight is 495 g/mol. The molecule has 35 heavy (non-hydrogen) atoms. The number of nitrogens with one attached hydrogen (secondary N) is 2. The van der Waals surface area contributed by atoms with E-state index >= 15 is 0 Å². The second kappa shape index (κ2) is 12.1. The van der Waals surface area contributed by atoms with Crippen LogP contribution in [-0.4, -0.2) is 91.8 Å². The van der Waals surface area contributed by atoms with Crippen LogP contribution < -0.4 is 16.4 Å². The van der Waals surface area contributed by atoms with Gasteiger partial charge in [-0.05, 0) is 37.5 Å². The molecule has 13 nitrogen and oxygen atoms in total. The van der Waals surface area contributed by atoms with Gasteiger partial charge >= 0.3 is 11.9 Å². The summed E-state index contributed by atoms with van der Waals surface area (Å²) in [5.74, 6) is -5.29. The lowest BCUT2D eigenvalue weighted by Gasteiger charge is -2.29. The summed E-state index contributed by atoms with van der Waals surface area (Å²) in [5, 5.41) is 42.2. The number of carbonyl (C=O) groups is 5. The lowest BCUT2D eigenvalue weighted by Crippen LogP contribution is -2.58. The number of nitrogens with two attached hydrogens (primary N) is 1. The molecule has 1 aliphatic rings. The molecule has 2 rings (SSSR count). The number of phenols is 1. The summed E-state index contributed by atoms with van der Waals surface area (Å²) in [6, 6.07) is 0.318. The first-order valence-electron chi connectivity index (χ1n) is 11.0. The Morgan fingerprint density at radius 2 is 1.71 bits per heavy atom. The number of carboxylic acids is 2. The zero-order valence-electron chi connectivity index (χ0n) is 19.1. The molecule has 5 unspecified atom stereocenters. The molecule has 0 radical (unpaired) electrons. The Kier molecular flexibility index (Phi) is 9.54. The average Bonchev–Trinajstić information content (AvgIpc) is 3.28. The molecule has 192 valence electrons. The van der Waals surface area contributed by atoms with Crippen LogP contribution in [0, 0.1) is 0 Å². The van der Waals surface area contributed by atoms with Crippen LogP contribution in [0.1, 0.15) is 31.7 Å². The third-order valence-electron chi connectivity index (χ3n) is 5.65. The van der Waals surface area contributed by atoms with Gasteiger partial charge in [0.05, 0.1) is 12.5 Å². The molecule has 1 aromatic carbocycles. The Bertz CT molecular complexity index is 951. The Balaban J connectivity index is 2.13. The molecule has 13 heteroatoms. The number of aliphatic hydroxyl groups is 1. The quantitative estimate of drug-likeness (QED) is 0.182. The number of aromatic hydroxyl groups is 1. The molecule has 1 aromatic rings. The van der Waals surface area contributed by atoms with Crippen molar-refractivity contribution in [2.75, 3.05) is 6.54 Å². The first kappa shape index (κ1) is 27.5. The molecule has 5 atom stereocenters. The molecule has 1 saturated heterocycles. The van der Waals surface area contributed by atoms with Crippen LogP contribution in [0.2, 0.25) is 0 Å². The number of rotatable bonds is 11. The summed E-state index contributed by atoms with van der Waals surface area (Å²) < 4.78 is 0. The fourth-order valence-electron chi connectivity index (χ4n) is 3.69. The van der Waals surface area contributed by atoms with E-state index < -0.39 is 66.4 Å². The van der Waals surface area contributed by atoms with Gasteiger partial charge in [-0.1, -0.05) is 12.1 Å². The minimum atomic E-state index is -1.61. The van der Waals surface area contributed by atoms with Crippen LogP contribution in [0.3, 0.4) is 0 Å². The largest absolute Gasteiger partial charge is 0.508 e. The normalized spacial score (nSPS) is 18.7. The van der Waals surface area contributed by atoms with Crippen molar-refractivity contribution in [1.82, 2.24) is 15.5 Å². The topological polar surface area (TPSA) is 220 Å². The van der Waals surface area contributed by atoms with Crippen molar-refractivity contribution in [2.45, 2.75) is 62.9 Å². The summed E-state index contributed by atoms with van der Waals surface area (Å²) in [5.41, 5.74) is 6.18. The molecule has 0 bridgehead atoms. The summed E-state index contributed by atoms with van der Waals surface area (Å²) in [6.45, 7) is 1.53. The summed E-state index contributed by atoms with van der Waals surface area (Å²) in [6.07, 6.45) is -1.43. The van der Waals surface area contributed by atoms with Crippen LogP contribution in [-0.2, 0) is 30.4 Å². The fourth-order valence-corrected chi connectivity index (χ4v) is 3.69. The zero-order valence-corrected chi connectivity index (χ0v) is 19.1. The van der Waals surface area contributed by atoms with E-state index in [1.165, 1.54) is 36.1 Å². The number of nitrogens with zero attached hydrogens (tertiary/aromatic N) is 1. The molecule has 8 N–H and O–H groups in total. The van der Waals surface area contributed by atoms with Gasteiger partial charge in [-0.25, -0.2) is 4.79 Å². The molecule has 0 spiro atoms. The number of carboxylic acid groups (broad SMARTS) is 2. The number of carbonyl (C=O) groups excluding carboxylic acids is 3.